The van der Waals surface area contributed by atoms with Crippen molar-refractivity contribution in [3.8, 4) is 0 Å². The van der Waals surface area contributed by atoms with E-state index in [0.717, 1.165) is 6.07 Å². The van der Waals surface area contributed by atoms with E-state index in [1.807, 2.05) is 6.92 Å². The molecule has 0 aliphatic carbocycles. The molecule has 6 heteroatoms. The van der Waals surface area contributed by atoms with Crippen molar-refractivity contribution in [3.05, 3.63) is 41.2 Å². The normalized spacial score (nSPS) is 10.5. The summed E-state index contributed by atoms with van der Waals surface area (Å²) >= 11 is 5.67. The van der Waals surface area contributed by atoms with Crippen LogP contribution in [0.15, 0.2) is 30.4 Å². The molecule has 0 saturated carbocycles. The maximum absolute atomic E-state index is 13.3. The molecule has 0 bridgehead atoms. The number of benzene rings is 1. The SMILES string of the molecule is CC/C=C/C(=O)OCC(=O)Nc1cc(Cl)ccc1F. The quantitative estimate of drug-likeness (QED) is 0.668. The number of hydrogen-bond donors (Lipinski definition) is 1. The number of carbonyl (C=O) groups excluding carboxylic acids is 2. The molecule has 0 fully saturated rings. The lowest BCUT2D eigenvalue weighted by atomic mass is 10.3. The number of hydrogen-bond acceptors (Lipinski definition) is 3. The summed E-state index contributed by atoms with van der Waals surface area (Å²) in [5.74, 6) is -1.88. The number of rotatable bonds is 5. The number of ether oxygens (including phenoxy) is 1. The van der Waals surface area contributed by atoms with Crippen molar-refractivity contribution in [1.29, 1.82) is 0 Å². The number of halogens is 2. The molecule has 1 N–H and O–H groups in total. The molecular formula is C13H13ClFNO3. The van der Waals surface area contributed by atoms with Gasteiger partial charge in [-0.05, 0) is 24.6 Å². The van der Waals surface area contributed by atoms with Crippen LogP contribution in [-0.2, 0) is 14.3 Å². The Labute approximate surface area is 115 Å². The van der Waals surface area contributed by atoms with E-state index in [-0.39, 0.29) is 5.69 Å². The number of anilines is 1. The van der Waals surface area contributed by atoms with Crippen LogP contribution in [0.2, 0.25) is 5.02 Å². The zero-order chi connectivity index (χ0) is 14.3. The molecule has 1 amide bonds. The molecule has 0 aliphatic rings. The summed E-state index contributed by atoms with van der Waals surface area (Å²) in [4.78, 5) is 22.5. The van der Waals surface area contributed by atoms with Crippen molar-refractivity contribution in [2.24, 2.45) is 0 Å². The summed E-state index contributed by atoms with van der Waals surface area (Å²) in [7, 11) is 0. The first kappa shape index (κ1) is 15.2. The van der Waals surface area contributed by atoms with E-state index in [2.05, 4.69) is 10.1 Å². The maximum Gasteiger partial charge on any atom is 0.330 e. The van der Waals surface area contributed by atoms with Gasteiger partial charge in [-0.15, -0.1) is 0 Å². The Hall–Kier alpha value is -1.88. The first-order valence-electron chi connectivity index (χ1n) is 5.61. The predicted molar refractivity (Wildman–Crippen MR) is 70.4 cm³/mol. The average Bonchev–Trinajstić information content (AvgIpc) is 2.38. The van der Waals surface area contributed by atoms with E-state index in [4.69, 9.17) is 11.6 Å². The van der Waals surface area contributed by atoms with Crippen LogP contribution in [0.1, 0.15) is 13.3 Å². The van der Waals surface area contributed by atoms with E-state index in [0.29, 0.717) is 11.4 Å². The van der Waals surface area contributed by atoms with Gasteiger partial charge >= 0.3 is 5.97 Å². The molecule has 1 rings (SSSR count). The van der Waals surface area contributed by atoms with Gasteiger partial charge in [0, 0.05) is 11.1 Å². The van der Waals surface area contributed by atoms with E-state index >= 15 is 0 Å². The molecule has 0 atom stereocenters. The van der Waals surface area contributed by atoms with Gasteiger partial charge in [-0.1, -0.05) is 24.6 Å². The molecule has 0 aromatic heterocycles. The second-order valence-electron chi connectivity index (χ2n) is 3.59. The Balaban J connectivity index is 2.49. The fourth-order valence-electron chi connectivity index (χ4n) is 1.18. The summed E-state index contributed by atoms with van der Waals surface area (Å²) < 4.78 is 18.0. The fourth-order valence-corrected chi connectivity index (χ4v) is 1.35. The third-order valence-corrected chi connectivity index (χ3v) is 2.27. The second kappa shape index (κ2) is 7.53. The standard InChI is InChI=1S/C13H13ClFNO3/c1-2-3-4-13(18)19-8-12(17)16-11-7-9(14)5-6-10(11)15/h3-7H,2,8H2,1H3,(H,16,17)/b4-3+. The van der Waals surface area contributed by atoms with Crippen molar-refractivity contribution in [2.45, 2.75) is 13.3 Å². The highest BCUT2D eigenvalue weighted by atomic mass is 35.5. The van der Waals surface area contributed by atoms with Crippen molar-refractivity contribution in [2.75, 3.05) is 11.9 Å². The van der Waals surface area contributed by atoms with Crippen LogP contribution < -0.4 is 5.32 Å². The summed E-state index contributed by atoms with van der Waals surface area (Å²) in [6.07, 6.45) is 3.53. The first-order chi connectivity index (χ1) is 9.02. The summed E-state index contributed by atoms with van der Waals surface area (Å²) in [5, 5.41) is 2.55. The van der Waals surface area contributed by atoms with Crippen LogP contribution in [0.4, 0.5) is 10.1 Å². The van der Waals surface area contributed by atoms with Crippen LogP contribution in [-0.4, -0.2) is 18.5 Å². The predicted octanol–water partition coefficient (Wildman–Crippen LogP) is 2.93. The van der Waals surface area contributed by atoms with Gasteiger partial charge in [0.15, 0.2) is 6.61 Å². The average molecular weight is 286 g/mol. The zero-order valence-electron chi connectivity index (χ0n) is 10.3. The number of allylic oxidation sites excluding steroid dienone is 1. The Bertz CT molecular complexity index is 503. The number of amides is 1. The van der Waals surface area contributed by atoms with Gasteiger partial charge in [-0.25, -0.2) is 9.18 Å². The third kappa shape index (κ3) is 5.52. The molecule has 0 spiro atoms. The van der Waals surface area contributed by atoms with Crippen LogP contribution in [0.25, 0.3) is 0 Å². The lowest BCUT2D eigenvalue weighted by molar-refractivity contribution is -0.142. The van der Waals surface area contributed by atoms with Crippen molar-refractivity contribution >= 4 is 29.2 Å². The molecule has 102 valence electrons. The molecule has 0 radical (unpaired) electrons. The molecule has 4 nitrogen and oxygen atoms in total. The van der Waals surface area contributed by atoms with Crippen molar-refractivity contribution in [3.63, 3.8) is 0 Å². The Morgan fingerprint density at radius 3 is 2.89 bits per heavy atom. The van der Waals surface area contributed by atoms with Crippen molar-refractivity contribution < 1.29 is 18.7 Å². The first-order valence-corrected chi connectivity index (χ1v) is 5.99. The van der Waals surface area contributed by atoms with Crippen LogP contribution in [0, 0.1) is 5.82 Å². The number of esters is 1. The Morgan fingerprint density at radius 2 is 2.21 bits per heavy atom. The monoisotopic (exact) mass is 285 g/mol. The summed E-state index contributed by atoms with van der Waals surface area (Å²) in [6.45, 7) is 1.37. The van der Waals surface area contributed by atoms with Gasteiger partial charge < -0.3 is 10.1 Å². The molecule has 1 aromatic carbocycles. The second-order valence-corrected chi connectivity index (χ2v) is 4.03. The largest absolute Gasteiger partial charge is 0.452 e. The highest BCUT2D eigenvalue weighted by Gasteiger charge is 2.09. The van der Waals surface area contributed by atoms with Gasteiger partial charge in [-0.3, -0.25) is 4.79 Å². The van der Waals surface area contributed by atoms with Crippen LogP contribution >= 0.6 is 11.6 Å². The minimum Gasteiger partial charge on any atom is -0.452 e. The van der Waals surface area contributed by atoms with Gasteiger partial charge in [0.05, 0.1) is 5.69 Å². The maximum atomic E-state index is 13.3. The minimum absolute atomic E-state index is 0.0577. The van der Waals surface area contributed by atoms with Gasteiger partial charge in [0.25, 0.3) is 5.91 Å². The Kier molecular flexibility index (Phi) is 6.02. The molecule has 0 heterocycles. The fraction of sp³-hybridized carbons (Fsp3) is 0.231. The smallest absolute Gasteiger partial charge is 0.330 e. The highest BCUT2D eigenvalue weighted by Crippen LogP contribution is 2.19. The van der Waals surface area contributed by atoms with Crippen LogP contribution in [0.5, 0.6) is 0 Å². The topological polar surface area (TPSA) is 55.4 Å². The van der Waals surface area contributed by atoms with E-state index in [1.165, 1.54) is 18.2 Å². The molecule has 1 aromatic rings. The molecular weight excluding hydrogens is 273 g/mol. The molecule has 0 saturated heterocycles. The van der Waals surface area contributed by atoms with Crippen LogP contribution in [0.3, 0.4) is 0 Å². The summed E-state index contributed by atoms with van der Waals surface area (Å²) in [6, 6.07) is 3.77. The number of nitrogens with one attached hydrogen (secondary N) is 1. The zero-order valence-corrected chi connectivity index (χ0v) is 11.0. The lowest BCUT2D eigenvalue weighted by Crippen LogP contribution is -2.20. The Morgan fingerprint density at radius 1 is 1.47 bits per heavy atom. The van der Waals surface area contributed by atoms with E-state index in [1.54, 1.807) is 6.08 Å². The minimum atomic E-state index is -0.639. The van der Waals surface area contributed by atoms with E-state index in [9.17, 15) is 14.0 Å². The van der Waals surface area contributed by atoms with Crippen molar-refractivity contribution in [1.82, 2.24) is 0 Å². The molecule has 0 aliphatic heterocycles. The van der Waals surface area contributed by atoms with Gasteiger partial charge in [0.1, 0.15) is 5.82 Å². The highest BCUT2D eigenvalue weighted by molar-refractivity contribution is 6.30. The van der Waals surface area contributed by atoms with E-state index < -0.39 is 24.3 Å². The third-order valence-electron chi connectivity index (χ3n) is 2.04. The van der Waals surface area contributed by atoms with Gasteiger partial charge in [-0.2, -0.15) is 0 Å². The number of carbonyl (C=O) groups is 2. The van der Waals surface area contributed by atoms with Gasteiger partial charge in [0.2, 0.25) is 0 Å². The molecule has 19 heavy (non-hydrogen) atoms. The molecule has 0 unspecified atom stereocenters. The lowest BCUT2D eigenvalue weighted by Gasteiger charge is -2.06. The summed E-state index contributed by atoms with van der Waals surface area (Å²) in [5.41, 5.74) is -0.0577.